The molecule has 0 bridgehead atoms. The van der Waals surface area contributed by atoms with Gasteiger partial charge in [-0.2, -0.15) is 13.2 Å². The molecule has 0 radical (unpaired) electrons. The first kappa shape index (κ1) is 23.5. The van der Waals surface area contributed by atoms with Crippen LogP contribution in [0.1, 0.15) is 44.1 Å². The van der Waals surface area contributed by atoms with Gasteiger partial charge >= 0.3 is 12.2 Å². The van der Waals surface area contributed by atoms with Crippen LogP contribution in [0.3, 0.4) is 0 Å². The van der Waals surface area contributed by atoms with Crippen LogP contribution in [0.4, 0.5) is 18.0 Å². The van der Waals surface area contributed by atoms with Gasteiger partial charge in [0.05, 0.1) is 0 Å². The van der Waals surface area contributed by atoms with Gasteiger partial charge in [0.1, 0.15) is 5.54 Å². The minimum absolute atomic E-state index is 0.0423. The summed E-state index contributed by atoms with van der Waals surface area (Å²) in [5, 5.41) is 5.19. The van der Waals surface area contributed by atoms with E-state index < -0.39 is 35.6 Å². The van der Waals surface area contributed by atoms with Crippen LogP contribution in [0.2, 0.25) is 0 Å². The molecule has 10 heteroatoms. The van der Waals surface area contributed by atoms with Crippen LogP contribution < -0.4 is 10.6 Å². The number of likely N-dealkylation sites (tertiary alicyclic amines) is 1. The number of benzene rings is 1. The molecule has 1 atom stereocenters. The highest BCUT2D eigenvalue weighted by Gasteiger charge is 2.62. The number of hydrogen-bond acceptors (Lipinski definition) is 4. The van der Waals surface area contributed by atoms with Gasteiger partial charge in [0.25, 0.3) is 5.91 Å². The molecule has 1 spiro atoms. The molecule has 1 saturated carbocycles. The van der Waals surface area contributed by atoms with Crippen LogP contribution >= 0.6 is 0 Å². The second-order valence-corrected chi connectivity index (χ2v) is 9.31. The Morgan fingerprint density at radius 1 is 1.09 bits per heavy atom. The number of alkyl halides is 3. The topological polar surface area (TPSA) is 81.8 Å². The van der Waals surface area contributed by atoms with E-state index in [9.17, 15) is 27.6 Å². The average molecular weight is 467 g/mol. The first-order valence-corrected chi connectivity index (χ1v) is 11.4. The summed E-state index contributed by atoms with van der Waals surface area (Å²) in [7, 11) is 0. The molecule has 1 aromatic rings. The third-order valence-corrected chi connectivity index (χ3v) is 7.12. The number of carbonyl (C=O) groups excluding carboxylic acids is 3. The molecular weight excluding hydrogens is 437 g/mol. The van der Waals surface area contributed by atoms with Gasteiger partial charge < -0.3 is 10.6 Å². The van der Waals surface area contributed by atoms with Crippen LogP contribution in [-0.4, -0.2) is 65.5 Å². The van der Waals surface area contributed by atoms with Crippen molar-refractivity contribution in [1.29, 1.82) is 0 Å². The number of amides is 4. The lowest BCUT2D eigenvalue weighted by Crippen LogP contribution is -2.52. The Morgan fingerprint density at radius 2 is 1.79 bits per heavy atom. The fourth-order valence-corrected chi connectivity index (χ4v) is 5.22. The first-order chi connectivity index (χ1) is 15.7. The summed E-state index contributed by atoms with van der Waals surface area (Å²) < 4.78 is 42.0. The number of nitrogens with one attached hydrogen (secondary N) is 2. The monoisotopic (exact) mass is 466 g/mol. The number of imide groups is 1. The molecule has 0 unspecified atom stereocenters. The zero-order valence-corrected chi connectivity index (χ0v) is 18.4. The van der Waals surface area contributed by atoms with Crippen molar-refractivity contribution in [3.05, 3.63) is 35.9 Å². The van der Waals surface area contributed by atoms with E-state index in [0.29, 0.717) is 19.4 Å². The van der Waals surface area contributed by atoms with Crippen molar-refractivity contribution in [2.24, 2.45) is 5.41 Å². The van der Waals surface area contributed by atoms with Crippen LogP contribution in [0.25, 0.3) is 0 Å². The number of nitrogens with zero attached hydrogens (tertiary/aromatic N) is 2. The minimum Gasteiger partial charge on any atom is -0.355 e. The largest absolute Gasteiger partial charge is 0.404 e. The van der Waals surface area contributed by atoms with Crippen molar-refractivity contribution in [2.45, 2.75) is 56.8 Å². The molecule has 1 aromatic carbocycles. The summed E-state index contributed by atoms with van der Waals surface area (Å²) in [4.78, 5) is 40.3. The van der Waals surface area contributed by atoms with E-state index in [4.69, 9.17) is 0 Å². The predicted octanol–water partition coefficient (Wildman–Crippen LogP) is 2.81. The molecule has 2 heterocycles. The third-order valence-electron chi connectivity index (χ3n) is 7.12. The normalized spacial score (nSPS) is 25.1. The lowest BCUT2D eigenvalue weighted by molar-refractivity contribution is -0.218. The number of urea groups is 1. The molecule has 4 amide bonds. The highest BCUT2D eigenvalue weighted by molar-refractivity contribution is 6.07. The molecule has 4 rings (SSSR count). The van der Waals surface area contributed by atoms with E-state index in [0.717, 1.165) is 23.3 Å². The van der Waals surface area contributed by atoms with E-state index in [1.54, 1.807) is 4.90 Å². The molecule has 2 saturated heterocycles. The maximum Gasteiger partial charge on any atom is 0.404 e. The maximum absolute atomic E-state index is 14.0. The first-order valence-electron chi connectivity index (χ1n) is 11.4. The molecule has 1 aliphatic carbocycles. The van der Waals surface area contributed by atoms with E-state index in [-0.39, 0.29) is 38.4 Å². The minimum atomic E-state index is -4.68. The Bertz CT molecular complexity index is 902. The highest BCUT2D eigenvalue weighted by atomic mass is 19.4. The Morgan fingerprint density at radius 3 is 2.45 bits per heavy atom. The quantitative estimate of drug-likeness (QED) is 0.478. The summed E-state index contributed by atoms with van der Waals surface area (Å²) in [5.74, 6) is -1.31. The van der Waals surface area contributed by atoms with Crippen molar-refractivity contribution >= 4 is 17.8 Å². The van der Waals surface area contributed by atoms with Crippen molar-refractivity contribution < 1.29 is 27.6 Å². The zero-order chi connectivity index (χ0) is 23.7. The SMILES string of the molecule is O=C1NC2(CCCC2)C(=O)N1CCCNC(=O)[C@]1(C(F)(F)F)CCN(Cc2ccccc2)C1. The molecule has 2 N–H and O–H groups in total. The third kappa shape index (κ3) is 4.45. The van der Waals surface area contributed by atoms with Crippen LogP contribution in [0, 0.1) is 5.41 Å². The van der Waals surface area contributed by atoms with Gasteiger partial charge in [-0.15, -0.1) is 0 Å². The highest BCUT2D eigenvalue weighted by Crippen LogP contribution is 2.46. The zero-order valence-electron chi connectivity index (χ0n) is 18.4. The number of rotatable bonds is 7. The number of halogens is 3. The van der Waals surface area contributed by atoms with Gasteiger partial charge in [0, 0.05) is 26.2 Å². The summed E-state index contributed by atoms with van der Waals surface area (Å²) in [6.07, 6.45) is -1.82. The smallest absolute Gasteiger partial charge is 0.355 e. The lowest BCUT2D eigenvalue weighted by atomic mass is 9.85. The van der Waals surface area contributed by atoms with Gasteiger partial charge in [0.15, 0.2) is 5.41 Å². The Labute approximate surface area is 190 Å². The molecule has 3 fully saturated rings. The second-order valence-electron chi connectivity index (χ2n) is 9.31. The van der Waals surface area contributed by atoms with Gasteiger partial charge in [-0.1, -0.05) is 43.2 Å². The summed E-state index contributed by atoms with van der Waals surface area (Å²) in [6.45, 7) is 0.143. The second kappa shape index (κ2) is 8.96. The maximum atomic E-state index is 14.0. The lowest BCUT2D eigenvalue weighted by Gasteiger charge is -2.30. The van der Waals surface area contributed by atoms with Gasteiger partial charge in [-0.25, -0.2) is 4.79 Å². The predicted molar refractivity (Wildman–Crippen MR) is 114 cm³/mol. The van der Waals surface area contributed by atoms with Crippen LogP contribution in [-0.2, 0) is 16.1 Å². The molecular formula is C23H29F3N4O3. The Balaban J connectivity index is 1.31. The standard InChI is InChI=1S/C23H29F3N4O3/c24-23(25,26)21(11-14-29(16-21)15-17-7-2-1-3-8-17)18(31)27-12-6-13-30-19(32)22(28-20(30)33)9-4-5-10-22/h1-3,7-8H,4-6,9-16H2,(H,27,31)(H,28,33)/t21-/m0/s1. The fourth-order valence-electron chi connectivity index (χ4n) is 5.22. The van der Waals surface area contributed by atoms with E-state index in [1.807, 2.05) is 30.3 Å². The molecule has 0 aromatic heterocycles. The van der Waals surface area contributed by atoms with E-state index in [2.05, 4.69) is 10.6 Å². The van der Waals surface area contributed by atoms with E-state index in [1.165, 1.54) is 0 Å². The van der Waals surface area contributed by atoms with Crippen LogP contribution in [0.15, 0.2) is 30.3 Å². The van der Waals surface area contributed by atoms with Crippen LogP contribution in [0.5, 0.6) is 0 Å². The van der Waals surface area contributed by atoms with Gasteiger partial charge in [0.2, 0.25) is 5.91 Å². The average Bonchev–Trinajstić information content (AvgIpc) is 3.47. The Kier molecular flexibility index (Phi) is 6.39. The number of carbonyl (C=O) groups is 3. The summed E-state index contributed by atoms with van der Waals surface area (Å²) in [6, 6.07) is 8.73. The number of hydrogen-bond donors (Lipinski definition) is 2. The fraction of sp³-hybridized carbons (Fsp3) is 0.609. The van der Waals surface area contributed by atoms with Crippen molar-refractivity contribution in [3.63, 3.8) is 0 Å². The van der Waals surface area contributed by atoms with Crippen molar-refractivity contribution in [3.8, 4) is 0 Å². The molecule has 2 aliphatic heterocycles. The summed E-state index contributed by atoms with van der Waals surface area (Å²) >= 11 is 0. The van der Waals surface area contributed by atoms with Crippen molar-refractivity contribution in [2.75, 3.05) is 26.2 Å². The Hall–Kier alpha value is -2.62. The molecule has 7 nitrogen and oxygen atoms in total. The molecule has 33 heavy (non-hydrogen) atoms. The van der Waals surface area contributed by atoms with Crippen molar-refractivity contribution in [1.82, 2.24) is 20.4 Å². The molecule has 180 valence electrons. The molecule has 3 aliphatic rings. The van der Waals surface area contributed by atoms with Gasteiger partial charge in [-0.3, -0.25) is 19.4 Å². The van der Waals surface area contributed by atoms with Gasteiger partial charge in [-0.05, 0) is 37.8 Å². The van der Waals surface area contributed by atoms with E-state index >= 15 is 0 Å². The summed E-state index contributed by atoms with van der Waals surface area (Å²) in [5.41, 5.74) is -2.38.